The Labute approximate surface area is 157 Å². The Morgan fingerprint density at radius 2 is 1.88 bits per heavy atom. The number of anilines is 2. The number of nitriles is 1. The first-order chi connectivity index (χ1) is 11.9. The summed E-state index contributed by atoms with van der Waals surface area (Å²) in [5.74, 6) is -0.245. The zero-order valence-electron chi connectivity index (χ0n) is 13.8. The molecule has 0 saturated heterocycles. The fraction of sp³-hybridized carbons (Fsp3) is 0.158. The Hall–Kier alpha value is -2.48. The molecule has 0 spiro atoms. The van der Waals surface area contributed by atoms with Gasteiger partial charge in [0.15, 0.2) is 0 Å². The molecule has 128 valence electrons. The third-order valence-corrected chi connectivity index (χ3v) is 4.05. The molecule has 0 heterocycles. The van der Waals surface area contributed by atoms with E-state index in [0.29, 0.717) is 21.4 Å². The van der Waals surface area contributed by atoms with Crippen molar-refractivity contribution in [2.45, 2.75) is 19.8 Å². The number of nitrogens with one attached hydrogen (secondary N) is 2. The highest BCUT2D eigenvalue weighted by molar-refractivity contribution is 6.36. The molecule has 0 unspecified atom stereocenters. The fourth-order valence-corrected chi connectivity index (χ4v) is 2.67. The summed E-state index contributed by atoms with van der Waals surface area (Å²) in [7, 11) is 0. The van der Waals surface area contributed by atoms with E-state index in [9.17, 15) is 10.1 Å². The Bertz CT molecular complexity index is 854. The van der Waals surface area contributed by atoms with Gasteiger partial charge in [0.05, 0.1) is 10.7 Å². The number of hydrogen-bond donors (Lipinski definition) is 2. The number of rotatable bonds is 5. The number of nitrogens with zero attached hydrogens (tertiary/aromatic N) is 1. The van der Waals surface area contributed by atoms with E-state index in [0.717, 1.165) is 5.56 Å². The predicted octanol–water partition coefficient (Wildman–Crippen LogP) is 5.57. The molecule has 0 saturated carbocycles. The molecule has 0 aliphatic heterocycles. The van der Waals surface area contributed by atoms with Gasteiger partial charge in [0.2, 0.25) is 0 Å². The van der Waals surface area contributed by atoms with E-state index in [1.807, 2.05) is 44.2 Å². The van der Waals surface area contributed by atoms with Gasteiger partial charge in [0.25, 0.3) is 5.91 Å². The minimum absolute atomic E-state index is 0.0652. The maximum absolute atomic E-state index is 12.4. The summed E-state index contributed by atoms with van der Waals surface area (Å²) in [6.45, 7) is 4.08. The second-order valence-electron chi connectivity index (χ2n) is 5.63. The summed E-state index contributed by atoms with van der Waals surface area (Å²) in [6.07, 6.45) is 1.32. The van der Waals surface area contributed by atoms with Gasteiger partial charge in [-0.05, 0) is 35.7 Å². The van der Waals surface area contributed by atoms with E-state index < -0.39 is 5.91 Å². The lowest BCUT2D eigenvalue weighted by Gasteiger charge is -2.13. The Balaban J connectivity index is 2.17. The van der Waals surface area contributed by atoms with Crippen molar-refractivity contribution < 1.29 is 4.79 Å². The summed E-state index contributed by atoms with van der Waals surface area (Å²) in [4.78, 5) is 12.4. The number of halogens is 2. The second kappa shape index (κ2) is 8.57. The van der Waals surface area contributed by atoms with Crippen LogP contribution in [0, 0.1) is 11.3 Å². The van der Waals surface area contributed by atoms with Gasteiger partial charge in [-0.15, -0.1) is 0 Å². The van der Waals surface area contributed by atoms with Gasteiger partial charge >= 0.3 is 0 Å². The summed E-state index contributed by atoms with van der Waals surface area (Å²) < 4.78 is 0. The van der Waals surface area contributed by atoms with Crippen LogP contribution in [0.25, 0.3) is 0 Å². The zero-order chi connectivity index (χ0) is 18.4. The average Bonchev–Trinajstić information content (AvgIpc) is 2.57. The van der Waals surface area contributed by atoms with Crippen LogP contribution in [-0.2, 0) is 4.79 Å². The predicted molar refractivity (Wildman–Crippen MR) is 103 cm³/mol. The van der Waals surface area contributed by atoms with Crippen molar-refractivity contribution in [1.82, 2.24) is 0 Å². The smallest absolute Gasteiger partial charge is 0.267 e. The number of para-hydroxylation sites is 1. The molecular weight excluding hydrogens is 357 g/mol. The molecular formula is C19H17Cl2N3O. The van der Waals surface area contributed by atoms with Crippen molar-refractivity contribution in [2.24, 2.45) is 0 Å². The molecule has 2 aromatic rings. The molecule has 0 aromatic heterocycles. The van der Waals surface area contributed by atoms with Gasteiger partial charge in [-0.1, -0.05) is 55.2 Å². The molecule has 25 heavy (non-hydrogen) atoms. The molecule has 2 aromatic carbocycles. The normalized spacial score (nSPS) is 11.1. The maximum Gasteiger partial charge on any atom is 0.267 e. The largest absolute Gasteiger partial charge is 0.359 e. The van der Waals surface area contributed by atoms with Crippen molar-refractivity contribution in [1.29, 1.82) is 5.26 Å². The molecule has 0 atom stereocenters. The number of amides is 1. The summed E-state index contributed by atoms with van der Waals surface area (Å²) in [5, 5.41) is 15.8. The quantitative estimate of drug-likeness (QED) is 0.531. The van der Waals surface area contributed by atoms with Crippen LogP contribution in [0.3, 0.4) is 0 Å². The highest BCUT2D eigenvalue weighted by atomic mass is 35.5. The van der Waals surface area contributed by atoms with Crippen LogP contribution in [0.5, 0.6) is 0 Å². The molecule has 4 nitrogen and oxygen atoms in total. The van der Waals surface area contributed by atoms with Crippen molar-refractivity contribution in [3.63, 3.8) is 0 Å². The van der Waals surface area contributed by atoms with E-state index in [4.69, 9.17) is 23.2 Å². The lowest BCUT2D eigenvalue weighted by atomic mass is 10.0. The van der Waals surface area contributed by atoms with Crippen LogP contribution in [0.1, 0.15) is 25.3 Å². The van der Waals surface area contributed by atoms with E-state index in [-0.39, 0.29) is 11.5 Å². The van der Waals surface area contributed by atoms with Gasteiger partial charge < -0.3 is 10.6 Å². The zero-order valence-corrected chi connectivity index (χ0v) is 15.3. The first-order valence-corrected chi connectivity index (χ1v) is 8.40. The minimum atomic E-state index is -0.492. The van der Waals surface area contributed by atoms with Crippen molar-refractivity contribution in [3.8, 4) is 6.07 Å². The van der Waals surface area contributed by atoms with Crippen LogP contribution in [-0.4, -0.2) is 5.91 Å². The monoisotopic (exact) mass is 373 g/mol. The maximum atomic E-state index is 12.4. The molecule has 0 radical (unpaired) electrons. The topological polar surface area (TPSA) is 64.9 Å². The number of carbonyl (C=O) groups is 1. The molecule has 0 bridgehead atoms. The van der Waals surface area contributed by atoms with Crippen molar-refractivity contribution in [3.05, 3.63) is 69.8 Å². The lowest BCUT2D eigenvalue weighted by Crippen LogP contribution is -2.16. The van der Waals surface area contributed by atoms with Crippen LogP contribution >= 0.6 is 23.2 Å². The molecule has 6 heteroatoms. The molecule has 0 aliphatic carbocycles. The number of benzene rings is 2. The Kier molecular flexibility index (Phi) is 6.46. The lowest BCUT2D eigenvalue weighted by molar-refractivity contribution is -0.112. The van der Waals surface area contributed by atoms with E-state index in [2.05, 4.69) is 10.6 Å². The highest BCUT2D eigenvalue weighted by Crippen LogP contribution is 2.26. The molecule has 1 amide bonds. The van der Waals surface area contributed by atoms with Crippen LogP contribution < -0.4 is 10.6 Å². The SMILES string of the molecule is CC(C)c1ccccc1NC(=O)/C(C#N)=C\Nc1ccc(Cl)cc1Cl. The van der Waals surface area contributed by atoms with Crippen molar-refractivity contribution >= 4 is 40.5 Å². The standard InChI is InChI=1S/C19H17Cl2N3O/c1-12(2)15-5-3-4-6-17(15)24-19(25)13(10-22)11-23-18-8-7-14(20)9-16(18)21/h3-9,11-12,23H,1-2H3,(H,24,25)/b13-11-. The van der Waals surface area contributed by atoms with E-state index >= 15 is 0 Å². The van der Waals surface area contributed by atoms with Gasteiger partial charge in [0.1, 0.15) is 11.6 Å². The molecule has 2 rings (SSSR count). The average molecular weight is 374 g/mol. The van der Waals surface area contributed by atoms with Crippen LogP contribution in [0.4, 0.5) is 11.4 Å². The third kappa shape index (κ3) is 4.99. The highest BCUT2D eigenvalue weighted by Gasteiger charge is 2.13. The van der Waals surface area contributed by atoms with E-state index in [1.54, 1.807) is 18.2 Å². The summed E-state index contributed by atoms with van der Waals surface area (Å²) in [5.41, 5.74) is 2.17. The summed E-state index contributed by atoms with van der Waals surface area (Å²) >= 11 is 11.9. The van der Waals surface area contributed by atoms with Crippen molar-refractivity contribution in [2.75, 3.05) is 10.6 Å². The first kappa shape index (κ1) is 18.9. The molecule has 2 N–H and O–H groups in total. The summed E-state index contributed by atoms with van der Waals surface area (Å²) in [6, 6.07) is 14.3. The number of carbonyl (C=O) groups excluding carboxylic acids is 1. The van der Waals surface area contributed by atoms with Crippen LogP contribution in [0.15, 0.2) is 54.2 Å². The van der Waals surface area contributed by atoms with Gasteiger partial charge in [0, 0.05) is 16.9 Å². The van der Waals surface area contributed by atoms with E-state index in [1.165, 1.54) is 6.20 Å². The Morgan fingerprint density at radius 3 is 2.52 bits per heavy atom. The van der Waals surface area contributed by atoms with Gasteiger partial charge in [-0.25, -0.2) is 0 Å². The number of hydrogen-bond acceptors (Lipinski definition) is 3. The fourth-order valence-electron chi connectivity index (χ4n) is 2.21. The Morgan fingerprint density at radius 1 is 1.16 bits per heavy atom. The minimum Gasteiger partial charge on any atom is -0.359 e. The second-order valence-corrected chi connectivity index (χ2v) is 6.48. The molecule has 0 aliphatic rings. The van der Waals surface area contributed by atoms with Crippen LogP contribution in [0.2, 0.25) is 10.0 Å². The third-order valence-electron chi connectivity index (χ3n) is 3.50. The molecule has 0 fully saturated rings. The van der Waals surface area contributed by atoms with Gasteiger partial charge in [-0.2, -0.15) is 5.26 Å². The first-order valence-electron chi connectivity index (χ1n) is 7.64. The van der Waals surface area contributed by atoms with Gasteiger partial charge in [-0.3, -0.25) is 4.79 Å².